The molecule has 0 bridgehead atoms. The first kappa shape index (κ1) is 22.8. The van der Waals surface area contributed by atoms with E-state index >= 15 is 0 Å². The Morgan fingerprint density at radius 1 is 1.43 bits per heavy atom. The lowest BCUT2D eigenvalue weighted by Crippen LogP contribution is -2.36. The minimum atomic E-state index is -1.36. The number of carbonyl (C=O) groups excluding carboxylic acids is 3. The molecule has 0 unspecified atom stereocenters. The Labute approximate surface area is 174 Å². The zero-order valence-corrected chi connectivity index (χ0v) is 16.4. The van der Waals surface area contributed by atoms with Gasteiger partial charge in [-0.3, -0.25) is 4.79 Å². The van der Waals surface area contributed by atoms with Crippen molar-refractivity contribution in [1.82, 2.24) is 4.98 Å². The summed E-state index contributed by atoms with van der Waals surface area (Å²) in [6.07, 6.45) is 0.352. The highest BCUT2D eigenvalue weighted by molar-refractivity contribution is 7.14. The molecule has 0 aliphatic carbocycles. The Morgan fingerprint density at radius 2 is 2.13 bits per heavy atom. The highest BCUT2D eigenvalue weighted by atomic mass is 32.1. The van der Waals surface area contributed by atoms with Gasteiger partial charge in [0.1, 0.15) is 11.4 Å². The third-order valence-electron chi connectivity index (χ3n) is 4.22. The molecule has 156 valence electrons. The van der Waals surface area contributed by atoms with Crippen LogP contribution in [0.1, 0.15) is 28.0 Å². The van der Waals surface area contributed by atoms with Crippen molar-refractivity contribution in [3.63, 3.8) is 0 Å². The maximum Gasteiger partial charge on any atom is 0.526 e. The number of aromatic nitrogens is 1. The molecule has 2 heterocycles. The number of carboxylic acids is 1. The van der Waals surface area contributed by atoms with Gasteiger partial charge in [-0.25, -0.2) is 9.78 Å². The van der Waals surface area contributed by atoms with Gasteiger partial charge in [-0.2, -0.15) is 9.59 Å². The number of anilines is 1. The number of fused-ring (bicyclic) bond motifs is 1. The monoisotopic (exact) mass is 433 g/mol. The number of para-hydroxylation sites is 1. The molecule has 13 heteroatoms. The topological polar surface area (TPSA) is 175 Å². The van der Waals surface area contributed by atoms with Crippen LogP contribution >= 0.6 is 11.3 Å². The molecule has 1 aliphatic heterocycles. The van der Waals surface area contributed by atoms with Crippen LogP contribution in [0.3, 0.4) is 0 Å². The van der Waals surface area contributed by atoms with Crippen LogP contribution < -0.4 is 9.97 Å². The lowest BCUT2D eigenvalue weighted by Gasteiger charge is -2.27. The molecule has 0 saturated carbocycles. The fourth-order valence-corrected chi connectivity index (χ4v) is 3.56. The summed E-state index contributed by atoms with van der Waals surface area (Å²) in [4.78, 5) is 44.2. The number of thiazole rings is 1. The quantitative estimate of drug-likeness (QED) is 0.222. The average molecular weight is 433 g/mol. The number of nitrogens with one attached hydrogen (secondary N) is 1. The lowest BCUT2D eigenvalue weighted by atomic mass is 9.64. The van der Waals surface area contributed by atoms with Crippen molar-refractivity contribution < 1.29 is 39.2 Å². The van der Waals surface area contributed by atoms with Crippen molar-refractivity contribution in [1.29, 1.82) is 0 Å². The number of Topliss-reactive ketones (excluding diaryl/α,β-unsaturated/α-hetero) is 1. The molecule has 4 N–H and O–H groups in total. The largest absolute Gasteiger partial charge is 0.535 e. The molecule has 0 fully saturated rings. The maximum atomic E-state index is 12.6. The fourth-order valence-electron chi connectivity index (χ4n) is 2.91. The summed E-state index contributed by atoms with van der Waals surface area (Å²) in [6, 6.07) is 4.65. The Hall–Kier alpha value is -3.54. The number of ketones is 1. The van der Waals surface area contributed by atoms with Gasteiger partial charge in [0.05, 0.1) is 5.56 Å². The van der Waals surface area contributed by atoms with E-state index in [4.69, 9.17) is 14.2 Å². The zero-order valence-electron chi connectivity index (χ0n) is 15.6. The van der Waals surface area contributed by atoms with Gasteiger partial charge in [0.2, 0.25) is 0 Å². The molecule has 1 aromatic carbocycles. The zero-order chi connectivity index (χ0) is 22.3. The number of carbonyl (C=O) groups is 2. The van der Waals surface area contributed by atoms with Crippen molar-refractivity contribution in [3.05, 3.63) is 40.4 Å². The van der Waals surface area contributed by atoms with Crippen molar-refractivity contribution in [2.75, 3.05) is 12.4 Å². The Kier molecular flexibility index (Phi) is 7.81. The third kappa shape index (κ3) is 5.09. The summed E-state index contributed by atoms with van der Waals surface area (Å²) in [5.74, 6) is -2.17. The van der Waals surface area contributed by atoms with Gasteiger partial charge in [-0.15, -0.1) is 11.3 Å². The molecule has 3 rings (SSSR count). The number of nitrogens with zero attached hydrogens (tertiary/aromatic N) is 2. The minimum Gasteiger partial charge on any atom is -0.535 e. The van der Waals surface area contributed by atoms with E-state index in [0.717, 1.165) is 0 Å². The molecule has 30 heavy (non-hydrogen) atoms. The summed E-state index contributed by atoms with van der Waals surface area (Å²) in [6.45, 7) is 0. The second-order valence-corrected chi connectivity index (χ2v) is 6.88. The van der Waals surface area contributed by atoms with Crippen LogP contribution in [0, 0.1) is 0 Å². The van der Waals surface area contributed by atoms with E-state index in [1.54, 1.807) is 24.6 Å². The van der Waals surface area contributed by atoms with E-state index in [2.05, 4.69) is 15.5 Å². The molecule has 0 radical (unpaired) electrons. The molecular formula is C17H16BN3O8S. The number of oxime groups is 1. The molecule has 1 atom stereocenters. The predicted octanol–water partition coefficient (Wildman–Crippen LogP) is 0.923. The first-order chi connectivity index (χ1) is 14.4. The Morgan fingerprint density at radius 3 is 2.70 bits per heavy atom. The lowest BCUT2D eigenvalue weighted by molar-refractivity contribution is -0.191. The standard InChI is InChI=1S/C16H16BN3O6S.CO2/c1-18-16-19-11(7-27-16)13(20-25)12(21)6-9-5-8-3-2-4-10(15(22)23)14(8)26-17(9)24;2-1-3/h2-4,7,9,24-25H,5-6H2,1H3,(H,18,19)(H,22,23);/b20-13-;/t9-;/m1./s1. The van der Waals surface area contributed by atoms with Crippen molar-refractivity contribution >= 4 is 47.2 Å². The third-order valence-corrected chi connectivity index (χ3v) is 5.08. The number of benzene rings is 1. The normalized spacial score (nSPS) is 15.1. The number of carboxylic acid groups (broad SMARTS) is 1. The van der Waals surface area contributed by atoms with Crippen LogP contribution in [-0.2, 0) is 20.8 Å². The molecule has 0 saturated heterocycles. The van der Waals surface area contributed by atoms with Gasteiger partial charge in [0, 0.05) is 24.7 Å². The van der Waals surface area contributed by atoms with Crippen LogP contribution in [0.4, 0.5) is 5.13 Å². The summed E-state index contributed by atoms with van der Waals surface area (Å²) >= 11 is 1.26. The van der Waals surface area contributed by atoms with E-state index in [9.17, 15) is 24.9 Å². The summed E-state index contributed by atoms with van der Waals surface area (Å²) in [5.41, 5.74) is 0.573. The van der Waals surface area contributed by atoms with Gasteiger partial charge in [-0.1, -0.05) is 17.3 Å². The molecular weight excluding hydrogens is 417 g/mol. The fraction of sp³-hybridized carbons (Fsp3) is 0.235. The van der Waals surface area contributed by atoms with Crippen LogP contribution in [0.2, 0.25) is 5.82 Å². The van der Waals surface area contributed by atoms with E-state index in [1.165, 1.54) is 17.4 Å². The van der Waals surface area contributed by atoms with Crippen molar-refractivity contribution in [2.24, 2.45) is 5.16 Å². The number of rotatable bonds is 6. The summed E-state index contributed by atoms with van der Waals surface area (Å²) in [7, 11) is 0.323. The molecule has 1 aliphatic rings. The van der Waals surface area contributed by atoms with Gasteiger partial charge >= 0.3 is 19.2 Å². The van der Waals surface area contributed by atoms with E-state index in [-0.39, 0.29) is 41.7 Å². The van der Waals surface area contributed by atoms with Gasteiger partial charge in [0.15, 0.2) is 16.6 Å². The van der Waals surface area contributed by atoms with Crippen LogP contribution in [0.25, 0.3) is 0 Å². The highest BCUT2D eigenvalue weighted by Gasteiger charge is 2.38. The first-order valence-electron chi connectivity index (χ1n) is 8.44. The Bertz CT molecular complexity index is 1000. The SMILES string of the molecule is CNc1nc(/C(=N/O)C(=O)C[C@H]2Cc3cccc(C(=O)O)c3OB2O)cs1.O=C=O. The maximum absolute atomic E-state index is 12.6. The van der Waals surface area contributed by atoms with E-state index in [1.807, 2.05) is 0 Å². The van der Waals surface area contributed by atoms with Crippen LogP contribution in [-0.4, -0.2) is 58.1 Å². The second-order valence-electron chi connectivity index (χ2n) is 6.02. The molecule has 11 nitrogen and oxygen atoms in total. The van der Waals surface area contributed by atoms with Crippen LogP contribution in [0.15, 0.2) is 28.7 Å². The number of aromatic carboxylic acids is 1. The summed E-state index contributed by atoms with van der Waals surface area (Å²) in [5, 5.41) is 36.7. The second kappa shape index (κ2) is 10.3. The number of hydrogen-bond acceptors (Lipinski definition) is 11. The smallest absolute Gasteiger partial charge is 0.526 e. The average Bonchev–Trinajstić information content (AvgIpc) is 3.18. The summed E-state index contributed by atoms with van der Waals surface area (Å²) < 4.78 is 5.37. The number of hydrogen-bond donors (Lipinski definition) is 4. The first-order valence-corrected chi connectivity index (χ1v) is 9.32. The minimum absolute atomic E-state index is 0.0454. The van der Waals surface area contributed by atoms with Crippen molar-refractivity contribution in [2.45, 2.75) is 18.7 Å². The van der Waals surface area contributed by atoms with Crippen molar-refractivity contribution in [3.8, 4) is 5.75 Å². The van der Waals surface area contributed by atoms with E-state index < -0.39 is 24.7 Å². The highest BCUT2D eigenvalue weighted by Crippen LogP contribution is 2.36. The van der Waals surface area contributed by atoms with Gasteiger partial charge in [0.25, 0.3) is 0 Å². The van der Waals surface area contributed by atoms with Crippen LogP contribution in [0.5, 0.6) is 5.75 Å². The molecule has 1 aromatic heterocycles. The molecule has 2 aromatic rings. The van der Waals surface area contributed by atoms with E-state index in [0.29, 0.717) is 10.7 Å². The Balaban J connectivity index is 0.00000101. The van der Waals surface area contributed by atoms with Gasteiger partial charge < -0.3 is 25.3 Å². The molecule has 0 spiro atoms. The molecule has 0 amide bonds. The predicted molar refractivity (Wildman–Crippen MR) is 104 cm³/mol. The van der Waals surface area contributed by atoms with Gasteiger partial charge in [-0.05, 0) is 18.1 Å².